The molecule has 0 spiro atoms. The van der Waals surface area contributed by atoms with Crippen LogP contribution in [0.15, 0.2) is 30.3 Å². The van der Waals surface area contributed by atoms with Gasteiger partial charge in [0.25, 0.3) is 0 Å². The fraction of sp³-hybridized carbons (Fsp3) is 0.400. The molecular formula is C15H17ClN2O5. The van der Waals surface area contributed by atoms with Gasteiger partial charge >= 0.3 is 17.4 Å². The van der Waals surface area contributed by atoms with Gasteiger partial charge in [0, 0.05) is 6.54 Å². The molecule has 1 aromatic carbocycles. The standard InChI is InChI=1S/C15H17ClN2O5/c1-22-13(19)12-8-5-9-17(18(12)14(16)20)15(21)23-10-11-6-3-2-4-7-11/h2-4,6-7,12H,5,8-10H2,1H3/t12-/m0/s1. The summed E-state index contributed by atoms with van der Waals surface area (Å²) in [6, 6.07) is 8.20. The summed E-state index contributed by atoms with van der Waals surface area (Å²) in [5.41, 5.74) is 0.811. The Kier molecular flexibility index (Phi) is 5.81. The lowest BCUT2D eigenvalue weighted by Crippen LogP contribution is -2.59. The number of halogens is 1. The van der Waals surface area contributed by atoms with Crippen LogP contribution in [0.5, 0.6) is 0 Å². The topological polar surface area (TPSA) is 76.2 Å². The molecule has 1 heterocycles. The summed E-state index contributed by atoms with van der Waals surface area (Å²) in [5, 5.41) is 1.00. The molecule has 0 aliphatic carbocycles. The number of rotatable bonds is 3. The van der Waals surface area contributed by atoms with Crippen molar-refractivity contribution in [1.82, 2.24) is 10.0 Å². The van der Waals surface area contributed by atoms with Gasteiger partial charge in [-0.1, -0.05) is 30.3 Å². The molecule has 1 atom stereocenters. The van der Waals surface area contributed by atoms with E-state index in [1.165, 1.54) is 7.11 Å². The molecule has 1 fully saturated rings. The Bertz CT molecular complexity index is 580. The first-order chi connectivity index (χ1) is 11.0. The van der Waals surface area contributed by atoms with Crippen LogP contribution in [0.2, 0.25) is 0 Å². The molecule has 124 valence electrons. The Labute approximate surface area is 138 Å². The first-order valence-electron chi connectivity index (χ1n) is 7.09. The van der Waals surface area contributed by atoms with Crippen molar-refractivity contribution in [2.75, 3.05) is 13.7 Å². The minimum absolute atomic E-state index is 0.0589. The molecule has 0 radical (unpaired) electrons. The minimum atomic E-state index is -0.934. The summed E-state index contributed by atoms with van der Waals surface area (Å²) in [5.74, 6) is -0.625. The maximum absolute atomic E-state index is 12.2. The van der Waals surface area contributed by atoms with Crippen LogP contribution in [0.25, 0.3) is 0 Å². The van der Waals surface area contributed by atoms with Gasteiger partial charge in [0.05, 0.1) is 7.11 Å². The van der Waals surface area contributed by atoms with Gasteiger partial charge in [0.15, 0.2) is 6.04 Å². The van der Waals surface area contributed by atoms with Crippen LogP contribution >= 0.6 is 11.6 Å². The molecule has 0 N–H and O–H groups in total. The third-order valence-corrected chi connectivity index (χ3v) is 3.65. The highest BCUT2D eigenvalue weighted by molar-refractivity contribution is 6.63. The van der Waals surface area contributed by atoms with E-state index in [9.17, 15) is 14.4 Å². The number of hydrogen-bond acceptors (Lipinski definition) is 5. The number of benzene rings is 1. The van der Waals surface area contributed by atoms with E-state index in [1.54, 1.807) is 0 Å². The number of methoxy groups -OCH3 is 1. The molecule has 23 heavy (non-hydrogen) atoms. The second kappa shape index (κ2) is 7.82. The molecule has 0 unspecified atom stereocenters. The predicted octanol–water partition coefficient (Wildman–Crippen LogP) is 2.54. The van der Waals surface area contributed by atoms with Crippen LogP contribution in [0.4, 0.5) is 9.59 Å². The molecule has 1 saturated heterocycles. The Morgan fingerprint density at radius 1 is 1.26 bits per heavy atom. The van der Waals surface area contributed by atoms with Crippen molar-refractivity contribution in [1.29, 1.82) is 0 Å². The highest BCUT2D eigenvalue weighted by atomic mass is 35.5. The summed E-state index contributed by atoms with van der Waals surface area (Å²) >= 11 is 5.54. The molecule has 1 aliphatic heterocycles. The molecule has 0 bridgehead atoms. The zero-order chi connectivity index (χ0) is 16.8. The maximum Gasteiger partial charge on any atom is 0.429 e. The van der Waals surface area contributed by atoms with Gasteiger partial charge in [0.2, 0.25) is 0 Å². The van der Waals surface area contributed by atoms with Crippen molar-refractivity contribution >= 4 is 29.0 Å². The molecule has 1 aromatic rings. The van der Waals surface area contributed by atoms with E-state index in [4.69, 9.17) is 16.3 Å². The van der Waals surface area contributed by atoms with E-state index in [2.05, 4.69) is 4.74 Å². The van der Waals surface area contributed by atoms with Gasteiger partial charge in [0.1, 0.15) is 6.61 Å². The van der Waals surface area contributed by atoms with E-state index >= 15 is 0 Å². The molecular weight excluding hydrogens is 324 g/mol. The molecule has 1 aliphatic rings. The Morgan fingerprint density at radius 2 is 1.96 bits per heavy atom. The zero-order valence-corrected chi connectivity index (χ0v) is 13.4. The number of amides is 2. The van der Waals surface area contributed by atoms with E-state index in [0.717, 1.165) is 15.6 Å². The normalized spacial score (nSPS) is 17.6. The van der Waals surface area contributed by atoms with Crippen molar-refractivity contribution in [3.63, 3.8) is 0 Å². The van der Waals surface area contributed by atoms with E-state index < -0.39 is 23.5 Å². The minimum Gasteiger partial charge on any atom is -0.467 e. The summed E-state index contributed by atoms with van der Waals surface area (Å²) < 4.78 is 9.85. The number of ether oxygens (including phenoxy) is 2. The molecule has 0 saturated carbocycles. The highest BCUT2D eigenvalue weighted by Crippen LogP contribution is 2.22. The Balaban J connectivity index is 2.07. The first-order valence-corrected chi connectivity index (χ1v) is 7.47. The second-order valence-corrected chi connectivity index (χ2v) is 5.27. The van der Waals surface area contributed by atoms with Crippen LogP contribution in [0, 0.1) is 0 Å². The molecule has 7 nitrogen and oxygen atoms in total. The summed E-state index contributed by atoms with van der Waals surface area (Å²) in [4.78, 5) is 35.7. The molecule has 8 heteroatoms. The number of carbonyl (C=O) groups excluding carboxylic acids is 3. The smallest absolute Gasteiger partial charge is 0.429 e. The number of hydrazine groups is 1. The Morgan fingerprint density at radius 3 is 2.57 bits per heavy atom. The molecule has 0 aromatic heterocycles. The van der Waals surface area contributed by atoms with E-state index in [1.807, 2.05) is 30.3 Å². The first kappa shape index (κ1) is 17.1. The van der Waals surface area contributed by atoms with Crippen molar-refractivity contribution in [2.24, 2.45) is 0 Å². The molecule has 2 amide bonds. The van der Waals surface area contributed by atoms with Crippen molar-refractivity contribution in [3.8, 4) is 0 Å². The van der Waals surface area contributed by atoms with Gasteiger partial charge < -0.3 is 9.47 Å². The summed E-state index contributed by atoms with van der Waals surface area (Å²) in [6.07, 6.45) is 0.158. The largest absolute Gasteiger partial charge is 0.467 e. The monoisotopic (exact) mass is 340 g/mol. The quantitative estimate of drug-likeness (QED) is 0.480. The van der Waals surface area contributed by atoms with Crippen LogP contribution in [-0.2, 0) is 20.9 Å². The third-order valence-electron chi connectivity index (χ3n) is 3.47. The molecule has 2 rings (SSSR count). The number of carbonyl (C=O) groups is 3. The average Bonchev–Trinajstić information content (AvgIpc) is 2.59. The SMILES string of the molecule is COC(=O)[C@@H]1CCCN(C(=O)OCc2ccccc2)N1C(=O)Cl. The second-order valence-electron chi connectivity index (χ2n) is 4.94. The number of nitrogens with zero attached hydrogens (tertiary/aromatic N) is 2. The van der Waals surface area contributed by atoms with Crippen molar-refractivity contribution in [2.45, 2.75) is 25.5 Å². The maximum atomic E-state index is 12.2. The van der Waals surface area contributed by atoms with Crippen LogP contribution < -0.4 is 0 Å². The lowest BCUT2D eigenvalue weighted by Gasteiger charge is -2.40. The van der Waals surface area contributed by atoms with Gasteiger partial charge in [-0.3, -0.25) is 4.79 Å². The van der Waals surface area contributed by atoms with Crippen molar-refractivity contribution in [3.05, 3.63) is 35.9 Å². The fourth-order valence-electron chi connectivity index (χ4n) is 2.38. The fourth-order valence-corrected chi connectivity index (χ4v) is 2.59. The van der Waals surface area contributed by atoms with Gasteiger partial charge in [-0.15, -0.1) is 0 Å². The van der Waals surface area contributed by atoms with Crippen LogP contribution in [0.3, 0.4) is 0 Å². The third kappa shape index (κ3) is 4.13. The van der Waals surface area contributed by atoms with Gasteiger partial charge in [-0.05, 0) is 30.0 Å². The highest BCUT2D eigenvalue weighted by Gasteiger charge is 2.40. The predicted molar refractivity (Wildman–Crippen MR) is 81.5 cm³/mol. The Hall–Kier alpha value is -2.28. The number of hydrogen-bond donors (Lipinski definition) is 0. The van der Waals surface area contributed by atoms with Crippen molar-refractivity contribution < 1.29 is 23.9 Å². The summed E-state index contributed by atoms with van der Waals surface area (Å²) in [7, 11) is 1.21. The lowest BCUT2D eigenvalue weighted by atomic mass is 10.1. The van der Waals surface area contributed by atoms with Crippen LogP contribution in [0.1, 0.15) is 18.4 Å². The van der Waals surface area contributed by atoms with E-state index in [-0.39, 0.29) is 13.2 Å². The zero-order valence-electron chi connectivity index (χ0n) is 12.6. The van der Waals surface area contributed by atoms with Gasteiger partial charge in [-0.2, -0.15) is 0 Å². The number of esters is 1. The average molecular weight is 341 g/mol. The lowest BCUT2D eigenvalue weighted by molar-refractivity contribution is -0.153. The van der Waals surface area contributed by atoms with Gasteiger partial charge in [-0.25, -0.2) is 19.6 Å². The summed E-state index contributed by atoms with van der Waals surface area (Å²) in [6.45, 7) is 0.295. The van der Waals surface area contributed by atoms with E-state index in [0.29, 0.717) is 12.8 Å². The van der Waals surface area contributed by atoms with Crippen LogP contribution in [-0.4, -0.2) is 47.1 Å².